The minimum Gasteiger partial charge on any atom is -0.469 e. The van der Waals surface area contributed by atoms with Crippen LogP contribution in [0.1, 0.15) is 92.8 Å². The Bertz CT molecular complexity index is 700. The number of allylic oxidation sites excluding steroid dienone is 1. The minimum absolute atomic E-state index is 0.0803. The van der Waals surface area contributed by atoms with E-state index in [0.717, 1.165) is 49.4 Å². The van der Waals surface area contributed by atoms with Crippen LogP contribution in [0.15, 0.2) is 11.6 Å². The quantitative estimate of drug-likeness (QED) is 0.459. The average Bonchev–Trinajstić information content (AvgIpc) is 3.05. The number of fused-ring (bicyclic) bond motifs is 5. The van der Waals surface area contributed by atoms with E-state index in [1.165, 1.54) is 38.4 Å². The zero-order valence-electron chi connectivity index (χ0n) is 20.0. The molecule has 0 aromatic heterocycles. The second kappa shape index (κ2) is 8.02. The zero-order valence-corrected chi connectivity index (χ0v) is 19.0. The van der Waals surface area contributed by atoms with Crippen LogP contribution < -0.4 is 0 Å². The molecule has 3 nitrogen and oxygen atoms in total. The monoisotopic (exact) mass is 403 g/mol. The number of carbonyl (C=O) groups is 1. The van der Waals surface area contributed by atoms with Crippen LogP contribution in [0.2, 0.25) is 0 Å². The maximum absolute atomic E-state index is 11.5. The summed E-state index contributed by atoms with van der Waals surface area (Å²) in [5, 5.41) is 10.3. The molecule has 0 heterocycles. The summed E-state index contributed by atoms with van der Waals surface area (Å²) in [6.45, 7) is 7.43. The lowest BCUT2D eigenvalue weighted by molar-refractivity contribution is -0.140. The molecular weight excluding hydrogens is 360 g/mol. The predicted molar refractivity (Wildman–Crippen MR) is 116 cm³/mol. The Labute approximate surface area is 179 Å². The van der Waals surface area contributed by atoms with Crippen LogP contribution >= 0.6 is 0 Å². The van der Waals surface area contributed by atoms with Gasteiger partial charge in [-0.1, -0.05) is 32.4 Å². The van der Waals surface area contributed by atoms with Gasteiger partial charge in [0.15, 0.2) is 0 Å². The number of esters is 1. The molecule has 0 aliphatic heterocycles. The average molecular weight is 404 g/mol. The molecule has 3 heteroatoms. The van der Waals surface area contributed by atoms with Crippen molar-refractivity contribution in [1.82, 2.24) is 0 Å². The van der Waals surface area contributed by atoms with Gasteiger partial charge in [-0.2, -0.15) is 0 Å². The molecule has 3 saturated carbocycles. The molecule has 8 atom stereocenters. The second-order valence-corrected chi connectivity index (χ2v) is 11.2. The fourth-order valence-corrected chi connectivity index (χ4v) is 8.34. The first-order valence-corrected chi connectivity index (χ1v) is 12.1. The van der Waals surface area contributed by atoms with Crippen LogP contribution in [0, 0.1) is 40.4 Å². The minimum atomic E-state index is -1.25. The van der Waals surface area contributed by atoms with Crippen LogP contribution in [0.25, 0.3) is 0 Å². The summed E-state index contributed by atoms with van der Waals surface area (Å²) in [6, 6.07) is 0. The summed E-state index contributed by atoms with van der Waals surface area (Å²) in [6.07, 6.45) is 12.4. The summed E-state index contributed by atoms with van der Waals surface area (Å²) in [5.74, 6) is 3.64. The molecule has 0 unspecified atom stereocenters. The molecule has 0 radical (unpaired) electrons. The van der Waals surface area contributed by atoms with Crippen molar-refractivity contribution in [3.05, 3.63) is 11.6 Å². The summed E-state index contributed by atoms with van der Waals surface area (Å²) >= 11 is 0. The van der Waals surface area contributed by atoms with Crippen LogP contribution in [-0.4, -0.2) is 24.3 Å². The Kier molecular flexibility index (Phi) is 5.56. The number of rotatable bonds is 5. The van der Waals surface area contributed by atoms with Gasteiger partial charge in [0.05, 0.1) is 14.6 Å². The first-order valence-electron chi connectivity index (χ1n) is 12.6. The molecule has 4 aliphatic carbocycles. The SMILES string of the molecule is [2H][C@]1(O)CC[C@@]2(C)C(=CC[C@H]3[C@@H]4CC[C@H]([C@H](C)CCCC(=O)OC)[C@@]4(C)CC[C@@H]32)C1. The van der Waals surface area contributed by atoms with Gasteiger partial charge in [0.1, 0.15) is 0 Å². The maximum atomic E-state index is 11.5. The number of methoxy groups -OCH3 is 1. The van der Waals surface area contributed by atoms with Crippen molar-refractivity contribution < 1.29 is 16.0 Å². The van der Waals surface area contributed by atoms with Gasteiger partial charge in [-0.25, -0.2) is 0 Å². The topological polar surface area (TPSA) is 46.5 Å². The Hall–Kier alpha value is -0.830. The van der Waals surface area contributed by atoms with Crippen molar-refractivity contribution in [2.24, 2.45) is 40.4 Å². The highest BCUT2D eigenvalue weighted by atomic mass is 16.5. The number of carbonyl (C=O) groups excluding carboxylic acids is 1. The van der Waals surface area contributed by atoms with Gasteiger partial charge in [0.2, 0.25) is 0 Å². The molecule has 4 rings (SSSR count). The normalized spacial score (nSPS) is 47.9. The smallest absolute Gasteiger partial charge is 0.305 e. The number of hydrogen-bond acceptors (Lipinski definition) is 3. The fourth-order valence-electron chi connectivity index (χ4n) is 8.34. The molecule has 0 aromatic rings. The van der Waals surface area contributed by atoms with Gasteiger partial charge in [-0.3, -0.25) is 4.79 Å². The molecule has 1 N–H and O–H groups in total. The van der Waals surface area contributed by atoms with E-state index in [9.17, 15) is 9.90 Å². The summed E-state index contributed by atoms with van der Waals surface area (Å²) < 4.78 is 13.0. The van der Waals surface area contributed by atoms with E-state index in [0.29, 0.717) is 30.6 Å². The van der Waals surface area contributed by atoms with E-state index in [1.54, 1.807) is 0 Å². The van der Waals surface area contributed by atoms with E-state index in [2.05, 4.69) is 26.8 Å². The molecule has 0 amide bonds. The van der Waals surface area contributed by atoms with E-state index in [1.807, 2.05) is 0 Å². The third-order valence-electron chi connectivity index (χ3n) is 9.98. The molecule has 164 valence electrons. The van der Waals surface area contributed by atoms with Crippen molar-refractivity contribution >= 4 is 5.97 Å². The Morgan fingerprint density at radius 3 is 2.83 bits per heavy atom. The third-order valence-corrected chi connectivity index (χ3v) is 9.98. The third kappa shape index (κ3) is 3.60. The van der Waals surface area contributed by atoms with E-state index in [4.69, 9.17) is 6.11 Å². The lowest BCUT2D eigenvalue weighted by atomic mass is 9.47. The van der Waals surface area contributed by atoms with E-state index < -0.39 is 6.08 Å². The number of ether oxygens (including phenoxy) is 1. The first kappa shape index (κ1) is 20.1. The van der Waals surface area contributed by atoms with Gasteiger partial charge in [0.25, 0.3) is 0 Å². The van der Waals surface area contributed by atoms with E-state index >= 15 is 0 Å². The highest BCUT2D eigenvalue weighted by Gasteiger charge is 2.59. The lowest BCUT2D eigenvalue weighted by Crippen LogP contribution is -2.50. The standard InChI is InChI=1S/C26H42O3/c1-17(6-5-7-24(28)29-4)21-10-11-22-20-9-8-18-16-19(27)12-14-25(18,2)23(20)13-15-26(21,22)3/h8,17,19-23,27H,5-7,9-16H2,1-4H3/t17-,19+,20+,21-,22+,23+,25+,26-/m1/s1/i19D. The van der Waals surface area contributed by atoms with E-state index in [-0.39, 0.29) is 11.4 Å². The first-order chi connectivity index (χ1) is 14.1. The van der Waals surface area contributed by atoms with Crippen LogP contribution in [-0.2, 0) is 9.53 Å². The molecule has 0 spiro atoms. The largest absolute Gasteiger partial charge is 0.469 e. The van der Waals surface area contributed by atoms with Gasteiger partial charge in [-0.05, 0) is 105 Å². The van der Waals surface area contributed by atoms with Crippen LogP contribution in [0.5, 0.6) is 0 Å². The van der Waals surface area contributed by atoms with Gasteiger partial charge < -0.3 is 9.84 Å². The van der Waals surface area contributed by atoms with Gasteiger partial charge >= 0.3 is 5.97 Å². The van der Waals surface area contributed by atoms with Crippen LogP contribution in [0.4, 0.5) is 0 Å². The molecule has 0 aromatic carbocycles. The van der Waals surface area contributed by atoms with Crippen molar-refractivity contribution in [2.45, 2.75) is 97.5 Å². The molecular formula is C26H42O3. The molecule has 4 aliphatic rings. The maximum Gasteiger partial charge on any atom is 0.305 e. The summed E-state index contributed by atoms with van der Waals surface area (Å²) in [7, 11) is 1.48. The summed E-state index contributed by atoms with van der Waals surface area (Å²) in [5.41, 5.74) is 2.00. The Balaban J connectivity index is 1.47. The van der Waals surface area contributed by atoms with Gasteiger partial charge in [-0.15, -0.1) is 0 Å². The van der Waals surface area contributed by atoms with Crippen molar-refractivity contribution in [3.63, 3.8) is 0 Å². The molecule has 0 saturated heterocycles. The number of hydrogen-bond donors (Lipinski definition) is 1. The molecule has 0 bridgehead atoms. The van der Waals surface area contributed by atoms with Crippen molar-refractivity contribution in [2.75, 3.05) is 7.11 Å². The van der Waals surface area contributed by atoms with Crippen molar-refractivity contribution in [1.29, 1.82) is 0 Å². The predicted octanol–water partition coefficient (Wildman–Crippen LogP) is 5.91. The molecule has 3 fully saturated rings. The van der Waals surface area contributed by atoms with Crippen molar-refractivity contribution in [3.8, 4) is 0 Å². The fraction of sp³-hybridized carbons (Fsp3) is 0.885. The van der Waals surface area contributed by atoms with Gasteiger partial charge in [0, 0.05) is 6.42 Å². The lowest BCUT2D eigenvalue weighted by Gasteiger charge is -2.58. The zero-order chi connectivity index (χ0) is 21.7. The Morgan fingerprint density at radius 2 is 2.07 bits per heavy atom. The highest BCUT2D eigenvalue weighted by molar-refractivity contribution is 5.68. The Morgan fingerprint density at radius 1 is 1.28 bits per heavy atom. The second-order valence-electron chi connectivity index (χ2n) is 11.2. The summed E-state index contributed by atoms with van der Waals surface area (Å²) in [4.78, 5) is 11.5. The number of aliphatic hydroxyl groups is 1. The van der Waals surface area contributed by atoms with Crippen LogP contribution in [0.3, 0.4) is 0 Å². The highest BCUT2D eigenvalue weighted by Crippen LogP contribution is 2.67. The molecule has 29 heavy (non-hydrogen) atoms.